The summed E-state index contributed by atoms with van der Waals surface area (Å²) in [6.45, 7) is 6.77. The molecular formula is C13H18BrNO4S. The van der Waals surface area contributed by atoms with E-state index < -0.39 is 27.4 Å². The zero-order chi connectivity index (χ0) is 15.7. The predicted octanol–water partition coefficient (Wildman–Crippen LogP) is 2.54. The lowest BCUT2D eigenvalue weighted by Crippen LogP contribution is -2.48. The molecule has 0 aromatic heterocycles. The molecule has 0 aliphatic heterocycles. The largest absolute Gasteiger partial charge is 0.480 e. The SMILES string of the molecule is Cc1cc(S(=O)(=O)NC(C(=O)O)C(C)(C)C)ccc1Br. The van der Waals surface area contributed by atoms with E-state index in [9.17, 15) is 18.3 Å². The van der Waals surface area contributed by atoms with Crippen molar-refractivity contribution in [1.82, 2.24) is 4.72 Å². The summed E-state index contributed by atoms with van der Waals surface area (Å²) in [5.41, 5.74) is 0.0269. The van der Waals surface area contributed by atoms with Crippen molar-refractivity contribution in [2.24, 2.45) is 5.41 Å². The van der Waals surface area contributed by atoms with Gasteiger partial charge in [-0.1, -0.05) is 36.7 Å². The number of benzene rings is 1. The number of carboxylic acid groups (broad SMARTS) is 1. The molecule has 5 nitrogen and oxygen atoms in total. The number of halogens is 1. The van der Waals surface area contributed by atoms with E-state index in [0.717, 1.165) is 10.0 Å². The summed E-state index contributed by atoms with van der Waals surface area (Å²) in [4.78, 5) is 11.3. The Hall–Kier alpha value is -0.920. The summed E-state index contributed by atoms with van der Waals surface area (Å²) in [6.07, 6.45) is 0. The summed E-state index contributed by atoms with van der Waals surface area (Å²) in [5.74, 6) is -1.20. The van der Waals surface area contributed by atoms with Crippen molar-refractivity contribution in [3.05, 3.63) is 28.2 Å². The van der Waals surface area contributed by atoms with Gasteiger partial charge in [-0.25, -0.2) is 8.42 Å². The second-order valence-corrected chi connectivity index (χ2v) is 8.24. The molecule has 0 aliphatic rings. The van der Waals surface area contributed by atoms with Crippen LogP contribution < -0.4 is 4.72 Å². The van der Waals surface area contributed by atoms with Crippen molar-refractivity contribution in [3.63, 3.8) is 0 Å². The summed E-state index contributed by atoms with van der Waals surface area (Å²) in [7, 11) is -3.88. The molecule has 0 aliphatic carbocycles. The Morgan fingerprint density at radius 1 is 1.35 bits per heavy atom. The van der Waals surface area contributed by atoms with E-state index in [1.165, 1.54) is 12.1 Å². The van der Waals surface area contributed by atoms with Crippen LogP contribution in [0.25, 0.3) is 0 Å². The van der Waals surface area contributed by atoms with E-state index >= 15 is 0 Å². The molecule has 1 unspecified atom stereocenters. The second-order valence-electron chi connectivity index (χ2n) is 5.67. The van der Waals surface area contributed by atoms with Crippen LogP contribution in [0, 0.1) is 12.3 Å². The lowest BCUT2D eigenvalue weighted by Gasteiger charge is -2.27. The summed E-state index contributed by atoms with van der Waals surface area (Å²) < 4.78 is 27.6. The molecule has 1 rings (SSSR count). The first kappa shape index (κ1) is 17.1. The fourth-order valence-electron chi connectivity index (χ4n) is 1.61. The summed E-state index contributed by atoms with van der Waals surface area (Å²) in [5, 5.41) is 9.18. The minimum absolute atomic E-state index is 0.0497. The van der Waals surface area contributed by atoms with E-state index in [2.05, 4.69) is 20.7 Å². The number of carbonyl (C=O) groups is 1. The zero-order valence-corrected chi connectivity index (χ0v) is 14.2. The standard InChI is InChI=1S/C13H18BrNO4S/c1-8-7-9(5-6-10(8)14)20(18,19)15-11(12(16)17)13(2,3)4/h5-7,11,15H,1-4H3,(H,16,17). The molecule has 0 fully saturated rings. The highest BCUT2D eigenvalue weighted by molar-refractivity contribution is 9.10. The van der Waals surface area contributed by atoms with E-state index in [1.807, 2.05) is 0 Å². The van der Waals surface area contributed by atoms with Crippen LogP contribution in [0.4, 0.5) is 0 Å². The highest BCUT2D eigenvalue weighted by atomic mass is 79.9. The Kier molecular flexibility index (Phi) is 4.99. The minimum Gasteiger partial charge on any atom is -0.480 e. The molecule has 20 heavy (non-hydrogen) atoms. The van der Waals surface area contributed by atoms with E-state index in [-0.39, 0.29) is 4.90 Å². The van der Waals surface area contributed by atoms with Gasteiger partial charge in [0.05, 0.1) is 4.90 Å². The molecule has 0 bridgehead atoms. The van der Waals surface area contributed by atoms with Gasteiger partial charge in [-0.3, -0.25) is 4.79 Å². The maximum atomic E-state index is 12.3. The topological polar surface area (TPSA) is 83.5 Å². The van der Waals surface area contributed by atoms with Gasteiger partial charge in [-0.15, -0.1) is 0 Å². The lowest BCUT2D eigenvalue weighted by molar-refractivity contribution is -0.141. The second kappa shape index (κ2) is 5.83. The average molecular weight is 364 g/mol. The smallest absolute Gasteiger partial charge is 0.322 e. The molecule has 0 saturated heterocycles. The Bertz CT molecular complexity index is 620. The number of aliphatic carboxylic acids is 1. The molecule has 0 amide bonds. The van der Waals surface area contributed by atoms with Gasteiger partial charge in [0.2, 0.25) is 10.0 Å². The first-order valence-corrected chi connectivity index (χ1v) is 8.24. The average Bonchev–Trinajstić information content (AvgIpc) is 2.27. The van der Waals surface area contributed by atoms with Gasteiger partial charge in [-0.2, -0.15) is 4.72 Å². The Morgan fingerprint density at radius 2 is 1.90 bits per heavy atom. The van der Waals surface area contributed by atoms with Crippen LogP contribution in [0.15, 0.2) is 27.6 Å². The molecule has 0 saturated carbocycles. The van der Waals surface area contributed by atoms with E-state index in [1.54, 1.807) is 33.8 Å². The molecule has 0 spiro atoms. The van der Waals surface area contributed by atoms with Crippen LogP contribution in [-0.2, 0) is 14.8 Å². The van der Waals surface area contributed by atoms with Crippen LogP contribution in [0.1, 0.15) is 26.3 Å². The van der Waals surface area contributed by atoms with Crippen molar-refractivity contribution in [2.75, 3.05) is 0 Å². The van der Waals surface area contributed by atoms with Crippen molar-refractivity contribution in [1.29, 1.82) is 0 Å². The highest BCUT2D eigenvalue weighted by Gasteiger charge is 2.35. The minimum atomic E-state index is -3.88. The Balaban J connectivity index is 3.16. The van der Waals surface area contributed by atoms with Crippen LogP contribution in [0.2, 0.25) is 0 Å². The van der Waals surface area contributed by atoms with Crippen molar-refractivity contribution in [3.8, 4) is 0 Å². The van der Waals surface area contributed by atoms with Crippen molar-refractivity contribution in [2.45, 2.75) is 38.6 Å². The van der Waals surface area contributed by atoms with Crippen molar-refractivity contribution >= 4 is 31.9 Å². The van der Waals surface area contributed by atoms with Gasteiger partial charge in [0.15, 0.2) is 0 Å². The molecule has 7 heteroatoms. The van der Waals surface area contributed by atoms with Crippen LogP contribution in [0.3, 0.4) is 0 Å². The molecule has 0 heterocycles. The summed E-state index contributed by atoms with van der Waals surface area (Å²) >= 11 is 3.29. The Labute approximate surface area is 127 Å². The maximum absolute atomic E-state index is 12.3. The third-order valence-electron chi connectivity index (χ3n) is 2.83. The normalized spacial score (nSPS) is 14.1. The fraction of sp³-hybridized carbons (Fsp3) is 0.462. The molecule has 1 atom stereocenters. The third-order valence-corrected chi connectivity index (χ3v) is 5.14. The number of hydrogen-bond acceptors (Lipinski definition) is 3. The van der Waals surface area contributed by atoms with Gasteiger partial charge in [0.25, 0.3) is 0 Å². The number of nitrogens with one attached hydrogen (secondary N) is 1. The van der Waals surface area contributed by atoms with Crippen molar-refractivity contribution < 1.29 is 18.3 Å². The van der Waals surface area contributed by atoms with Crippen LogP contribution in [0.5, 0.6) is 0 Å². The molecular weight excluding hydrogens is 346 g/mol. The Morgan fingerprint density at radius 3 is 2.30 bits per heavy atom. The van der Waals surface area contributed by atoms with Gasteiger partial charge in [0.1, 0.15) is 6.04 Å². The van der Waals surface area contributed by atoms with Crippen LogP contribution >= 0.6 is 15.9 Å². The number of aryl methyl sites for hydroxylation is 1. The summed E-state index contributed by atoms with van der Waals surface area (Å²) in [6, 6.07) is 3.35. The predicted molar refractivity (Wildman–Crippen MR) is 80.1 cm³/mol. The fourth-order valence-corrected chi connectivity index (χ4v) is 3.33. The molecule has 0 radical (unpaired) electrons. The van der Waals surface area contributed by atoms with Gasteiger partial charge in [0, 0.05) is 4.47 Å². The van der Waals surface area contributed by atoms with E-state index in [0.29, 0.717) is 0 Å². The monoisotopic (exact) mass is 363 g/mol. The molecule has 112 valence electrons. The van der Waals surface area contributed by atoms with Crippen LogP contribution in [-0.4, -0.2) is 25.5 Å². The quantitative estimate of drug-likeness (QED) is 0.860. The number of sulfonamides is 1. The molecule has 1 aromatic carbocycles. The van der Waals surface area contributed by atoms with E-state index in [4.69, 9.17) is 0 Å². The molecule has 1 aromatic rings. The molecule has 2 N–H and O–H groups in total. The highest BCUT2D eigenvalue weighted by Crippen LogP contribution is 2.24. The first-order valence-electron chi connectivity index (χ1n) is 5.96. The lowest BCUT2D eigenvalue weighted by atomic mass is 9.88. The van der Waals surface area contributed by atoms with Gasteiger partial charge < -0.3 is 5.11 Å². The van der Waals surface area contributed by atoms with Gasteiger partial charge >= 0.3 is 5.97 Å². The maximum Gasteiger partial charge on any atom is 0.322 e. The number of hydrogen-bond donors (Lipinski definition) is 2. The van der Waals surface area contributed by atoms with Gasteiger partial charge in [-0.05, 0) is 36.1 Å². The number of rotatable bonds is 4. The third kappa shape index (κ3) is 4.04. The number of carboxylic acids is 1. The first-order chi connectivity index (χ1) is 8.95. The zero-order valence-electron chi connectivity index (χ0n) is 11.8.